The Morgan fingerprint density at radius 3 is 1.57 bits per heavy atom. The van der Waals surface area contributed by atoms with Crippen LogP contribution in [0.15, 0.2) is 0 Å². The SMILES string of the molecule is C1CCOC1.[K+].[OH-]. The quantitative estimate of drug-likeness (QED) is 0.342. The van der Waals surface area contributed by atoms with E-state index in [1.165, 1.54) is 12.8 Å². The first-order valence-electron chi connectivity index (χ1n) is 2.08. The summed E-state index contributed by atoms with van der Waals surface area (Å²) in [6, 6.07) is 0. The monoisotopic (exact) mass is 128 g/mol. The molecule has 0 saturated carbocycles. The van der Waals surface area contributed by atoms with E-state index in [0.29, 0.717) is 0 Å². The molecule has 7 heavy (non-hydrogen) atoms. The van der Waals surface area contributed by atoms with Gasteiger partial charge in [-0.1, -0.05) is 0 Å². The van der Waals surface area contributed by atoms with Gasteiger partial charge in [-0.3, -0.25) is 0 Å². The van der Waals surface area contributed by atoms with Crippen LogP contribution in [0.25, 0.3) is 0 Å². The van der Waals surface area contributed by atoms with Crippen molar-refractivity contribution in [3.05, 3.63) is 0 Å². The van der Waals surface area contributed by atoms with Gasteiger partial charge in [0.05, 0.1) is 0 Å². The first kappa shape index (κ1) is 11.4. The molecule has 0 unspecified atom stereocenters. The van der Waals surface area contributed by atoms with E-state index in [4.69, 9.17) is 4.74 Å². The molecule has 2 nitrogen and oxygen atoms in total. The summed E-state index contributed by atoms with van der Waals surface area (Å²) in [5.74, 6) is 0. The van der Waals surface area contributed by atoms with Crippen molar-refractivity contribution in [2.75, 3.05) is 13.2 Å². The molecule has 1 rings (SSSR count). The van der Waals surface area contributed by atoms with Gasteiger partial charge in [-0.05, 0) is 12.8 Å². The van der Waals surface area contributed by atoms with Crippen LogP contribution in [-0.4, -0.2) is 18.7 Å². The standard InChI is InChI=1S/C4H8O.K.H2O/c1-2-4-5-3-1;;/h1-4H2;;1H2/q;+1;/p-1. The third-order valence-corrected chi connectivity index (χ3v) is 0.827. The maximum atomic E-state index is 4.94. The van der Waals surface area contributed by atoms with Gasteiger partial charge in [-0.25, -0.2) is 0 Å². The van der Waals surface area contributed by atoms with E-state index in [2.05, 4.69) is 0 Å². The van der Waals surface area contributed by atoms with E-state index >= 15 is 0 Å². The zero-order valence-electron chi connectivity index (χ0n) is 4.68. The second-order valence-electron chi connectivity index (χ2n) is 1.32. The Morgan fingerprint density at radius 1 is 1.00 bits per heavy atom. The molecule has 3 heteroatoms. The second kappa shape index (κ2) is 7.56. The van der Waals surface area contributed by atoms with Crippen molar-refractivity contribution in [2.24, 2.45) is 0 Å². The average molecular weight is 128 g/mol. The van der Waals surface area contributed by atoms with Gasteiger partial charge >= 0.3 is 51.4 Å². The smallest absolute Gasteiger partial charge is 0.870 e. The molecule has 0 amide bonds. The summed E-state index contributed by atoms with van der Waals surface area (Å²) < 4.78 is 4.94. The van der Waals surface area contributed by atoms with Gasteiger partial charge in [0.2, 0.25) is 0 Å². The van der Waals surface area contributed by atoms with Crippen molar-refractivity contribution < 1.29 is 61.6 Å². The summed E-state index contributed by atoms with van der Waals surface area (Å²) in [5, 5.41) is 0. The molecule has 1 heterocycles. The minimum atomic E-state index is 0. The van der Waals surface area contributed by atoms with Crippen molar-refractivity contribution in [2.45, 2.75) is 12.8 Å². The third kappa shape index (κ3) is 5.43. The van der Waals surface area contributed by atoms with Crippen LogP contribution in [0.5, 0.6) is 0 Å². The van der Waals surface area contributed by atoms with E-state index in [1.54, 1.807) is 0 Å². The Hall–Kier alpha value is 1.56. The van der Waals surface area contributed by atoms with Gasteiger partial charge in [0.25, 0.3) is 0 Å². The maximum Gasteiger partial charge on any atom is 1.00 e. The number of hydrogen-bond donors (Lipinski definition) is 0. The van der Waals surface area contributed by atoms with Crippen LogP contribution < -0.4 is 51.4 Å². The summed E-state index contributed by atoms with van der Waals surface area (Å²) in [7, 11) is 0. The van der Waals surface area contributed by atoms with E-state index in [-0.39, 0.29) is 56.9 Å². The van der Waals surface area contributed by atoms with Crippen LogP contribution in [-0.2, 0) is 4.74 Å². The maximum absolute atomic E-state index is 4.94. The fourth-order valence-electron chi connectivity index (χ4n) is 0.510. The third-order valence-electron chi connectivity index (χ3n) is 0.827. The predicted octanol–water partition coefficient (Wildman–Crippen LogP) is -2.38. The van der Waals surface area contributed by atoms with Gasteiger partial charge < -0.3 is 10.2 Å². The van der Waals surface area contributed by atoms with Crippen molar-refractivity contribution in [3.8, 4) is 0 Å². The van der Waals surface area contributed by atoms with Crippen LogP contribution in [0.2, 0.25) is 0 Å². The molecule has 0 atom stereocenters. The predicted molar refractivity (Wildman–Crippen MR) is 22.0 cm³/mol. The van der Waals surface area contributed by atoms with Crippen LogP contribution in [0.3, 0.4) is 0 Å². The zero-order valence-corrected chi connectivity index (χ0v) is 7.81. The van der Waals surface area contributed by atoms with E-state index < -0.39 is 0 Å². The zero-order chi connectivity index (χ0) is 3.54. The fraction of sp³-hybridized carbons (Fsp3) is 1.00. The largest absolute Gasteiger partial charge is 1.00 e. The molecule has 0 aromatic rings. The van der Waals surface area contributed by atoms with E-state index in [0.717, 1.165) is 13.2 Å². The molecule has 38 valence electrons. The van der Waals surface area contributed by atoms with Gasteiger partial charge in [-0.15, -0.1) is 0 Å². The number of hydrogen-bond acceptors (Lipinski definition) is 2. The van der Waals surface area contributed by atoms with Crippen LogP contribution in [0.4, 0.5) is 0 Å². The summed E-state index contributed by atoms with van der Waals surface area (Å²) in [6.07, 6.45) is 2.56. The molecule has 1 N–H and O–H groups in total. The summed E-state index contributed by atoms with van der Waals surface area (Å²) in [4.78, 5) is 0. The van der Waals surface area contributed by atoms with Gasteiger partial charge in [-0.2, -0.15) is 0 Å². The van der Waals surface area contributed by atoms with Crippen LogP contribution in [0, 0.1) is 0 Å². The van der Waals surface area contributed by atoms with Crippen molar-refractivity contribution >= 4 is 0 Å². The average Bonchev–Trinajstić information content (AvgIpc) is 1.76. The van der Waals surface area contributed by atoms with Crippen molar-refractivity contribution in [1.29, 1.82) is 0 Å². The molecule has 0 spiro atoms. The normalized spacial score (nSPS) is 17.1. The molecule has 1 fully saturated rings. The molecule has 0 radical (unpaired) electrons. The molecule has 1 aliphatic heterocycles. The Bertz CT molecular complexity index is 21.3. The topological polar surface area (TPSA) is 39.2 Å². The first-order chi connectivity index (χ1) is 2.50. The summed E-state index contributed by atoms with van der Waals surface area (Å²) in [5.41, 5.74) is 0. The van der Waals surface area contributed by atoms with E-state index in [1.807, 2.05) is 0 Å². The van der Waals surface area contributed by atoms with Crippen molar-refractivity contribution in [1.82, 2.24) is 0 Å². The second-order valence-corrected chi connectivity index (χ2v) is 1.32. The van der Waals surface area contributed by atoms with Crippen molar-refractivity contribution in [3.63, 3.8) is 0 Å². The molecule has 0 bridgehead atoms. The number of ether oxygens (including phenoxy) is 1. The Labute approximate surface area is 86.3 Å². The summed E-state index contributed by atoms with van der Waals surface area (Å²) >= 11 is 0. The minimum absolute atomic E-state index is 0. The van der Waals surface area contributed by atoms with E-state index in [9.17, 15) is 0 Å². The fourth-order valence-corrected chi connectivity index (χ4v) is 0.510. The molecule has 0 aromatic carbocycles. The molecule has 0 aliphatic carbocycles. The van der Waals surface area contributed by atoms with Crippen LogP contribution in [0.1, 0.15) is 12.8 Å². The number of rotatable bonds is 0. The van der Waals surface area contributed by atoms with Gasteiger partial charge in [0.15, 0.2) is 0 Å². The molecule has 0 aromatic heterocycles. The molecule has 1 aliphatic rings. The Balaban J connectivity index is 0. The molecular weight excluding hydrogens is 119 g/mol. The minimum Gasteiger partial charge on any atom is -0.870 e. The molecule has 1 saturated heterocycles. The summed E-state index contributed by atoms with van der Waals surface area (Å²) in [6.45, 7) is 2.00. The Morgan fingerprint density at radius 2 is 1.43 bits per heavy atom. The van der Waals surface area contributed by atoms with Gasteiger partial charge in [0, 0.05) is 13.2 Å². The van der Waals surface area contributed by atoms with Crippen LogP contribution >= 0.6 is 0 Å². The Kier molecular flexibility index (Phi) is 12.3. The van der Waals surface area contributed by atoms with Gasteiger partial charge in [0.1, 0.15) is 0 Å². The first-order valence-corrected chi connectivity index (χ1v) is 2.08. The molecular formula is C4H9KO2.